The van der Waals surface area contributed by atoms with Gasteiger partial charge in [0, 0.05) is 29.8 Å². The van der Waals surface area contributed by atoms with Gasteiger partial charge in [0.1, 0.15) is 0 Å². The zero-order valence-corrected chi connectivity index (χ0v) is 15.8. The van der Waals surface area contributed by atoms with Crippen molar-refractivity contribution >= 4 is 21.6 Å². The Kier molecular flexibility index (Phi) is 8.35. The van der Waals surface area contributed by atoms with E-state index in [1.54, 1.807) is 0 Å². The van der Waals surface area contributed by atoms with E-state index < -0.39 is 0 Å². The Hall–Kier alpha value is -0.540. The van der Waals surface area contributed by atoms with E-state index in [1.807, 2.05) is 0 Å². The molecule has 0 aliphatic rings. The second kappa shape index (κ2) is 9.47. The maximum atomic E-state index is 3.73. The molecule has 1 aromatic carbocycles. The van der Waals surface area contributed by atoms with E-state index in [0.717, 1.165) is 32.1 Å². The van der Waals surface area contributed by atoms with Crippen LogP contribution in [0.2, 0.25) is 0 Å². The highest BCUT2D eigenvalue weighted by atomic mass is 79.9. The first-order valence-electron chi connectivity index (χ1n) is 8.21. The summed E-state index contributed by atoms with van der Waals surface area (Å²) in [6.07, 6.45) is 1.23. The first kappa shape index (κ1) is 18.5. The summed E-state index contributed by atoms with van der Waals surface area (Å²) in [4.78, 5) is 2.46. The molecule has 2 nitrogen and oxygen atoms in total. The Balaban J connectivity index is 2.71. The van der Waals surface area contributed by atoms with Crippen LogP contribution < -0.4 is 10.2 Å². The number of hydrogen-bond acceptors (Lipinski definition) is 2. The highest BCUT2D eigenvalue weighted by molar-refractivity contribution is 9.10. The van der Waals surface area contributed by atoms with Gasteiger partial charge in [0.25, 0.3) is 0 Å². The molecule has 0 aliphatic heterocycles. The smallest absolute Gasteiger partial charge is 0.0377 e. The average molecular weight is 355 g/mol. The topological polar surface area (TPSA) is 15.3 Å². The Morgan fingerprint density at radius 2 is 1.90 bits per heavy atom. The molecule has 0 spiro atoms. The van der Waals surface area contributed by atoms with Crippen molar-refractivity contribution in [3.8, 4) is 0 Å². The van der Waals surface area contributed by atoms with E-state index in [1.165, 1.54) is 22.1 Å². The van der Waals surface area contributed by atoms with Gasteiger partial charge in [0.05, 0.1) is 0 Å². The average Bonchev–Trinajstić information content (AvgIpc) is 2.45. The second-order valence-electron chi connectivity index (χ2n) is 6.35. The number of nitrogens with zero attached hydrogens (tertiary/aromatic N) is 1. The molecule has 0 heterocycles. The number of rotatable bonds is 9. The number of benzene rings is 1. The second-order valence-corrected chi connectivity index (χ2v) is 7.21. The van der Waals surface area contributed by atoms with Crippen molar-refractivity contribution in [1.29, 1.82) is 0 Å². The van der Waals surface area contributed by atoms with Crippen molar-refractivity contribution in [3.63, 3.8) is 0 Å². The first-order chi connectivity index (χ1) is 9.97. The molecule has 3 heteroatoms. The maximum absolute atomic E-state index is 3.73. The van der Waals surface area contributed by atoms with Gasteiger partial charge in [-0.3, -0.25) is 0 Å². The van der Waals surface area contributed by atoms with Crippen LogP contribution in [0.15, 0.2) is 22.7 Å². The summed E-state index contributed by atoms with van der Waals surface area (Å²) in [6.45, 7) is 15.5. The molecular weight excluding hydrogens is 324 g/mol. The van der Waals surface area contributed by atoms with Crippen LogP contribution in [0, 0.1) is 11.8 Å². The van der Waals surface area contributed by atoms with Crippen molar-refractivity contribution in [2.75, 3.05) is 24.5 Å². The molecule has 0 saturated carbocycles. The molecule has 120 valence electrons. The molecular formula is C18H31BrN2. The molecule has 0 fully saturated rings. The molecule has 0 aliphatic carbocycles. The van der Waals surface area contributed by atoms with Gasteiger partial charge >= 0.3 is 0 Å². The summed E-state index contributed by atoms with van der Waals surface area (Å²) in [5, 5.41) is 3.50. The van der Waals surface area contributed by atoms with Crippen molar-refractivity contribution < 1.29 is 0 Å². The lowest BCUT2D eigenvalue weighted by Gasteiger charge is -2.26. The fraction of sp³-hybridized carbons (Fsp3) is 0.667. The lowest BCUT2D eigenvalue weighted by molar-refractivity contribution is 0.547. The van der Waals surface area contributed by atoms with Crippen LogP contribution >= 0.6 is 15.9 Å². The highest BCUT2D eigenvalue weighted by Crippen LogP contribution is 2.25. The molecule has 0 aromatic heterocycles. The van der Waals surface area contributed by atoms with Crippen LogP contribution in [-0.2, 0) is 6.54 Å². The van der Waals surface area contributed by atoms with Gasteiger partial charge in [-0.05, 0) is 43.0 Å². The molecule has 0 saturated heterocycles. The number of anilines is 1. The van der Waals surface area contributed by atoms with E-state index in [4.69, 9.17) is 0 Å². The van der Waals surface area contributed by atoms with Crippen molar-refractivity contribution in [2.45, 2.75) is 47.6 Å². The molecule has 1 atom stereocenters. The van der Waals surface area contributed by atoms with Gasteiger partial charge < -0.3 is 10.2 Å². The third-order valence-corrected chi connectivity index (χ3v) is 4.62. The lowest BCUT2D eigenvalue weighted by atomic mass is 10.1. The third kappa shape index (κ3) is 6.39. The largest absolute Gasteiger partial charge is 0.372 e. The number of nitrogens with one attached hydrogen (secondary N) is 1. The Labute approximate surface area is 139 Å². The van der Waals surface area contributed by atoms with Crippen molar-refractivity contribution in [3.05, 3.63) is 28.2 Å². The summed E-state index contributed by atoms with van der Waals surface area (Å²) >= 11 is 3.73. The zero-order chi connectivity index (χ0) is 15.8. The van der Waals surface area contributed by atoms with Gasteiger partial charge in [-0.1, -0.05) is 56.1 Å². The number of hydrogen-bond donors (Lipinski definition) is 1. The van der Waals surface area contributed by atoms with Crippen LogP contribution in [0.4, 0.5) is 5.69 Å². The quantitative estimate of drug-likeness (QED) is 0.665. The van der Waals surface area contributed by atoms with Gasteiger partial charge in [-0.15, -0.1) is 0 Å². The summed E-state index contributed by atoms with van der Waals surface area (Å²) < 4.78 is 1.21. The van der Waals surface area contributed by atoms with E-state index in [-0.39, 0.29) is 0 Å². The van der Waals surface area contributed by atoms with Crippen molar-refractivity contribution in [1.82, 2.24) is 5.32 Å². The Morgan fingerprint density at radius 1 is 1.19 bits per heavy atom. The molecule has 0 bridgehead atoms. The van der Waals surface area contributed by atoms with E-state index in [2.05, 4.69) is 79.0 Å². The lowest BCUT2D eigenvalue weighted by Crippen LogP contribution is -2.28. The Bertz CT molecular complexity index is 418. The van der Waals surface area contributed by atoms with E-state index >= 15 is 0 Å². The van der Waals surface area contributed by atoms with Crippen LogP contribution in [0.5, 0.6) is 0 Å². The molecule has 1 rings (SSSR count). The van der Waals surface area contributed by atoms with Gasteiger partial charge in [0.15, 0.2) is 0 Å². The predicted octanol–water partition coefficient (Wildman–Crippen LogP) is 5.07. The summed E-state index contributed by atoms with van der Waals surface area (Å²) in [5.74, 6) is 1.42. The SMILES string of the molecule is CCC(C)CN(CC)c1ccc(CNCC(C)C)c(Br)c1. The fourth-order valence-corrected chi connectivity index (χ4v) is 2.80. The normalized spacial score (nSPS) is 12.7. The van der Waals surface area contributed by atoms with Gasteiger partial charge in [-0.25, -0.2) is 0 Å². The third-order valence-electron chi connectivity index (χ3n) is 3.88. The summed E-state index contributed by atoms with van der Waals surface area (Å²) in [7, 11) is 0. The molecule has 21 heavy (non-hydrogen) atoms. The highest BCUT2D eigenvalue weighted by Gasteiger charge is 2.10. The van der Waals surface area contributed by atoms with Crippen LogP contribution in [-0.4, -0.2) is 19.6 Å². The molecule has 1 aromatic rings. The summed E-state index contributed by atoms with van der Waals surface area (Å²) in [5.41, 5.74) is 2.65. The fourth-order valence-electron chi connectivity index (χ4n) is 2.29. The predicted molar refractivity (Wildman–Crippen MR) is 98.0 cm³/mol. The van der Waals surface area contributed by atoms with Gasteiger partial charge in [0.2, 0.25) is 0 Å². The summed E-state index contributed by atoms with van der Waals surface area (Å²) in [6, 6.07) is 6.76. The minimum Gasteiger partial charge on any atom is -0.372 e. The molecule has 1 N–H and O–H groups in total. The van der Waals surface area contributed by atoms with Crippen LogP contribution in [0.25, 0.3) is 0 Å². The van der Waals surface area contributed by atoms with Crippen LogP contribution in [0.1, 0.15) is 46.6 Å². The standard InChI is InChI=1S/C18H31BrN2/c1-6-15(5)13-21(7-2)17-9-8-16(18(19)10-17)12-20-11-14(3)4/h8-10,14-15,20H,6-7,11-13H2,1-5H3. The Morgan fingerprint density at radius 3 is 2.43 bits per heavy atom. The zero-order valence-electron chi connectivity index (χ0n) is 14.2. The minimum absolute atomic E-state index is 0.689. The minimum atomic E-state index is 0.689. The van der Waals surface area contributed by atoms with E-state index in [9.17, 15) is 0 Å². The molecule has 1 unspecified atom stereocenters. The molecule has 0 amide bonds. The van der Waals surface area contributed by atoms with Crippen molar-refractivity contribution in [2.24, 2.45) is 11.8 Å². The molecule has 0 radical (unpaired) electrons. The first-order valence-corrected chi connectivity index (χ1v) is 9.01. The van der Waals surface area contributed by atoms with Crippen LogP contribution in [0.3, 0.4) is 0 Å². The maximum Gasteiger partial charge on any atom is 0.0377 e. The number of halogens is 1. The monoisotopic (exact) mass is 354 g/mol. The van der Waals surface area contributed by atoms with E-state index in [0.29, 0.717) is 5.92 Å². The van der Waals surface area contributed by atoms with Gasteiger partial charge in [-0.2, -0.15) is 0 Å².